The lowest BCUT2D eigenvalue weighted by molar-refractivity contribution is 0.343. The number of nitrogens with two attached hydrogens (primary N) is 1. The monoisotopic (exact) mass is 157 g/mol. The second-order valence-corrected chi connectivity index (χ2v) is 4.65. The first kappa shape index (κ1) is 11.0. The molecule has 1 heteroatoms. The third-order valence-corrected chi connectivity index (χ3v) is 1.92. The summed E-state index contributed by atoms with van der Waals surface area (Å²) in [6.07, 6.45) is 4.81. The van der Waals surface area contributed by atoms with Gasteiger partial charge in [-0.3, -0.25) is 0 Å². The van der Waals surface area contributed by atoms with Crippen LogP contribution in [0.4, 0.5) is 0 Å². The molecule has 68 valence electrons. The van der Waals surface area contributed by atoms with Gasteiger partial charge in [0.15, 0.2) is 0 Å². The minimum atomic E-state index is 0.430. The van der Waals surface area contributed by atoms with Crippen LogP contribution in [-0.2, 0) is 0 Å². The molecule has 0 aromatic heterocycles. The molecule has 0 aliphatic rings. The van der Waals surface area contributed by atoms with Crippen molar-refractivity contribution < 1.29 is 0 Å². The predicted molar refractivity (Wildman–Crippen MR) is 51.6 cm³/mol. The molecule has 11 heavy (non-hydrogen) atoms. The Kier molecular flexibility index (Phi) is 4.74. The van der Waals surface area contributed by atoms with Crippen molar-refractivity contribution in [3.8, 4) is 0 Å². The zero-order valence-electron chi connectivity index (χ0n) is 8.48. The lowest BCUT2D eigenvalue weighted by Crippen LogP contribution is -2.21. The fourth-order valence-electron chi connectivity index (χ4n) is 1.13. The van der Waals surface area contributed by atoms with E-state index in [-0.39, 0.29) is 0 Å². The van der Waals surface area contributed by atoms with Crippen molar-refractivity contribution in [2.24, 2.45) is 11.1 Å². The van der Waals surface area contributed by atoms with E-state index in [4.69, 9.17) is 5.73 Å². The highest BCUT2D eigenvalue weighted by molar-refractivity contribution is 4.67. The normalized spacial score (nSPS) is 15.0. The fraction of sp³-hybridized carbons (Fsp3) is 1.00. The first-order chi connectivity index (χ1) is 4.95. The van der Waals surface area contributed by atoms with Gasteiger partial charge in [-0.25, -0.2) is 0 Å². The first-order valence-electron chi connectivity index (χ1n) is 4.71. The van der Waals surface area contributed by atoms with Crippen LogP contribution in [0.25, 0.3) is 0 Å². The summed E-state index contributed by atoms with van der Waals surface area (Å²) < 4.78 is 0. The minimum Gasteiger partial charge on any atom is -0.328 e. The quantitative estimate of drug-likeness (QED) is 0.667. The molecule has 0 heterocycles. The van der Waals surface area contributed by atoms with Crippen LogP contribution < -0.4 is 5.73 Å². The maximum atomic E-state index is 5.89. The molecule has 0 saturated carbocycles. The van der Waals surface area contributed by atoms with E-state index >= 15 is 0 Å². The summed E-state index contributed by atoms with van der Waals surface area (Å²) in [7, 11) is 0. The Balaban J connectivity index is 3.38. The molecule has 2 N–H and O–H groups in total. The molecule has 0 bridgehead atoms. The summed E-state index contributed by atoms with van der Waals surface area (Å²) in [6, 6.07) is 0.430. The van der Waals surface area contributed by atoms with Crippen LogP contribution in [0, 0.1) is 5.41 Å². The van der Waals surface area contributed by atoms with Crippen molar-refractivity contribution in [1.82, 2.24) is 0 Å². The molecule has 0 aliphatic carbocycles. The highest BCUT2D eigenvalue weighted by Gasteiger charge is 2.11. The smallest absolute Gasteiger partial charge is 0.00389 e. The van der Waals surface area contributed by atoms with Crippen molar-refractivity contribution in [3.63, 3.8) is 0 Å². The van der Waals surface area contributed by atoms with E-state index in [9.17, 15) is 0 Å². The van der Waals surface area contributed by atoms with E-state index in [0.717, 1.165) is 0 Å². The number of hydrogen-bond acceptors (Lipinski definition) is 1. The van der Waals surface area contributed by atoms with Crippen molar-refractivity contribution in [1.29, 1.82) is 0 Å². The van der Waals surface area contributed by atoms with Crippen LogP contribution in [0.3, 0.4) is 0 Å². The molecule has 0 radical (unpaired) electrons. The highest BCUT2D eigenvalue weighted by atomic mass is 14.6. The van der Waals surface area contributed by atoms with Gasteiger partial charge in [-0.2, -0.15) is 0 Å². The predicted octanol–water partition coefficient (Wildman–Crippen LogP) is 2.94. The third-order valence-electron chi connectivity index (χ3n) is 1.92. The summed E-state index contributed by atoms with van der Waals surface area (Å²) >= 11 is 0. The second kappa shape index (κ2) is 4.76. The first-order valence-corrected chi connectivity index (χ1v) is 4.71. The molecular weight excluding hydrogens is 134 g/mol. The molecule has 0 aromatic rings. The molecule has 1 unspecified atom stereocenters. The molecule has 0 amide bonds. The Morgan fingerprint density at radius 1 is 1.18 bits per heavy atom. The third kappa shape index (κ3) is 7.86. The van der Waals surface area contributed by atoms with Crippen LogP contribution in [0.2, 0.25) is 0 Å². The second-order valence-electron chi connectivity index (χ2n) is 4.65. The largest absolute Gasteiger partial charge is 0.328 e. The number of rotatable bonds is 4. The summed E-state index contributed by atoms with van der Waals surface area (Å²) in [5, 5.41) is 0. The zero-order valence-corrected chi connectivity index (χ0v) is 8.48. The zero-order chi connectivity index (χ0) is 8.91. The summed E-state index contributed by atoms with van der Waals surface area (Å²) in [6.45, 7) is 9.00. The van der Waals surface area contributed by atoms with Gasteiger partial charge in [0.2, 0.25) is 0 Å². The topological polar surface area (TPSA) is 26.0 Å². The SMILES string of the molecule is CCCC(N)CCC(C)(C)C. The van der Waals surface area contributed by atoms with E-state index in [0.29, 0.717) is 11.5 Å². The summed E-state index contributed by atoms with van der Waals surface area (Å²) in [5.41, 5.74) is 6.34. The Bertz CT molecular complexity index is 91.5. The molecule has 0 spiro atoms. The molecule has 0 aliphatic heterocycles. The van der Waals surface area contributed by atoms with Gasteiger partial charge in [0.25, 0.3) is 0 Å². The van der Waals surface area contributed by atoms with Crippen molar-refractivity contribution >= 4 is 0 Å². The Labute approximate surface area is 71.4 Å². The molecule has 0 rings (SSSR count). The van der Waals surface area contributed by atoms with E-state index in [1.807, 2.05) is 0 Å². The molecule has 0 aromatic carbocycles. The van der Waals surface area contributed by atoms with Crippen LogP contribution >= 0.6 is 0 Å². The average Bonchev–Trinajstić information content (AvgIpc) is 1.83. The Hall–Kier alpha value is -0.0400. The van der Waals surface area contributed by atoms with Crippen molar-refractivity contribution in [3.05, 3.63) is 0 Å². The van der Waals surface area contributed by atoms with E-state index in [2.05, 4.69) is 27.7 Å². The summed E-state index contributed by atoms with van der Waals surface area (Å²) in [4.78, 5) is 0. The van der Waals surface area contributed by atoms with Gasteiger partial charge in [0.1, 0.15) is 0 Å². The van der Waals surface area contributed by atoms with Gasteiger partial charge in [-0.1, -0.05) is 34.1 Å². The van der Waals surface area contributed by atoms with Gasteiger partial charge >= 0.3 is 0 Å². The maximum absolute atomic E-state index is 5.89. The average molecular weight is 157 g/mol. The summed E-state index contributed by atoms with van der Waals surface area (Å²) in [5.74, 6) is 0. The lowest BCUT2D eigenvalue weighted by Gasteiger charge is -2.20. The van der Waals surface area contributed by atoms with E-state index in [1.165, 1.54) is 25.7 Å². The van der Waals surface area contributed by atoms with E-state index in [1.54, 1.807) is 0 Å². The minimum absolute atomic E-state index is 0.430. The molecular formula is C10H23N. The van der Waals surface area contributed by atoms with Crippen LogP contribution in [0.5, 0.6) is 0 Å². The van der Waals surface area contributed by atoms with E-state index < -0.39 is 0 Å². The van der Waals surface area contributed by atoms with Crippen LogP contribution in [-0.4, -0.2) is 6.04 Å². The van der Waals surface area contributed by atoms with Crippen molar-refractivity contribution in [2.75, 3.05) is 0 Å². The van der Waals surface area contributed by atoms with Gasteiger partial charge in [0.05, 0.1) is 0 Å². The van der Waals surface area contributed by atoms with Crippen LogP contribution in [0.1, 0.15) is 53.4 Å². The lowest BCUT2D eigenvalue weighted by atomic mass is 9.88. The Morgan fingerprint density at radius 2 is 1.73 bits per heavy atom. The fourth-order valence-corrected chi connectivity index (χ4v) is 1.13. The number of hydrogen-bond donors (Lipinski definition) is 1. The Morgan fingerprint density at radius 3 is 2.09 bits per heavy atom. The maximum Gasteiger partial charge on any atom is 0.00389 e. The molecule has 1 nitrogen and oxygen atoms in total. The highest BCUT2D eigenvalue weighted by Crippen LogP contribution is 2.21. The molecule has 0 fully saturated rings. The van der Waals surface area contributed by atoms with Crippen molar-refractivity contribution in [2.45, 2.75) is 59.4 Å². The van der Waals surface area contributed by atoms with Gasteiger partial charge in [-0.05, 0) is 24.7 Å². The van der Waals surface area contributed by atoms with Gasteiger partial charge in [0, 0.05) is 6.04 Å². The molecule has 1 atom stereocenters. The standard InChI is InChI=1S/C10H23N/c1-5-6-9(11)7-8-10(2,3)4/h9H,5-8,11H2,1-4H3. The van der Waals surface area contributed by atoms with Crippen LogP contribution in [0.15, 0.2) is 0 Å². The van der Waals surface area contributed by atoms with Gasteiger partial charge < -0.3 is 5.73 Å². The molecule has 0 saturated heterocycles. The van der Waals surface area contributed by atoms with Gasteiger partial charge in [-0.15, -0.1) is 0 Å².